The minimum Gasteiger partial charge on any atom is -0.516 e. The highest BCUT2D eigenvalue weighted by Crippen LogP contribution is 2.36. The zero-order valence-electron chi connectivity index (χ0n) is 28.6. The first kappa shape index (κ1) is 36.5. The summed E-state index contributed by atoms with van der Waals surface area (Å²) in [4.78, 5) is 50.6. The van der Waals surface area contributed by atoms with Crippen LogP contribution in [0, 0.1) is 0 Å². The number of hydrogen-bond acceptors (Lipinski definition) is 8. The number of allylic oxidation sites excluding steroid dienone is 6. The lowest BCUT2D eigenvalue weighted by atomic mass is 9.87. The van der Waals surface area contributed by atoms with Crippen molar-refractivity contribution in [1.82, 2.24) is 10.2 Å². The molecule has 1 saturated heterocycles. The molecule has 1 fully saturated rings. The molecule has 2 heterocycles. The third-order valence-electron chi connectivity index (χ3n) is 8.61. The second kappa shape index (κ2) is 17.8. The van der Waals surface area contributed by atoms with Crippen molar-refractivity contribution in [2.75, 3.05) is 26.4 Å². The first-order chi connectivity index (χ1) is 24.9. The summed E-state index contributed by atoms with van der Waals surface area (Å²) < 4.78 is 17.5. The number of ether oxygens (including phenoxy) is 3. The van der Waals surface area contributed by atoms with Crippen LogP contribution in [0.4, 0.5) is 0 Å². The molecule has 2 aliphatic rings. The van der Waals surface area contributed by atoms with Crippen LogP contribution in [0.3, 0.4) is 0 Å². The fraction of sp³-hybridized carbons (Fsp3) is 0.268. The van der Waals surface area contributed by atoms with E-state index in [0.29, 0.717) is 45.0 Å². The van der Waals surface area contributed by atoms with E-state index in [2.05, 4.69) is 31.0 Å². The smallest absolute Gasteiger partial charge is 0.262 e. The van der Waals surface area contributed by atoms with Crippen LogP contribution in [0.15, 0.2) is 109 Å². The maximum atomic E-state index is 13.0. The van der Waals surface area contributed by atoms with Crippen LogP contribution in [-0.4, -0.2) is 66.1 Å². The predicted octanol–water partition coefficient (Wildman–Crippen LogP) is 6.85. The largest absolute Gasteiger partial charge is 0.516 e. The molecule has 51 heavy (non-hydrogen) atoms. The molecule has 264 valence electrons. The number of benzene rings is 3. The van der Waals surface area contributed by atoms with Crippen molar-refractivity contribution < 1.29 is 38.5 Å². The van der Waals surface area contributed by atoms with Gasteiger partial charge in [0.05, 0.1) is 30.6 Å². The lowest BCUT2D eigenvalue weighted by Crippen LogP contribution is -2.54. The van der Waals surface area contributed by atoms with Crippen molar-refractivity contribution in [3.63, 3.8) is 0 Å². The molecule has 0 saturated carbocycles. The highest BCUT2D eigenvalue weighted by Gasteiger charge is 2.44. The lowest BCUT2D eigenvalue weighted by Gasteiger charge is -2.27. The van der Waals surface area contributed by atoms with Gasteiger partial charge in [-0.05, 0) is 77.1 Å². The second-order valence-corrected chi connectivity index (χ2v) is 11.9. The van der Waals surface area contributed by atoms with Gasteiger partial charge >= 0.3 is 0 Å². The van der Waals surface area contributed by atoms with Gasteiger partial charge in [0.1, 0.15) is 17.5 Å². The Hall–Kier alpha value is -5.74. The van der Waals surface area contributed by atoms with Crippen LogP contribution in [0.25, 0.3) is 11.1 Å². The Morgan fingerprint density at radius 2 is 1.53 bits per heavy atom. The molecule has 3 aromatic carbocycles. The Balaban J connectivity index is 1.05. The Kier molecular flexibility index (Phi) is 12.7. The van der Waals surface area contributed by atoms with Gasteiger partial charge in [-0.1, -0.05) is 68.1 Å². The number of carbonyl (C=O) groups is 4. The van der Waals surface area contributed by atoms with Crippen molar-refractivity contribution >= 4 is 34.8 Å². The second-order valence-electron chi connectivity index (χ2n) is 11.9. The summed E-state index contributed by atoms with van der Waals surface area (Å²) in [6, 6.07) is 21.8. The number of amides is 4. The van der Waals surface area contributed by atoms with Crippen LogP contribution < -0.4 is 14.8 Å². The number of rotatable bonds is 17. The van der Waals surface area contributed by atoms with E-state index in [0.717, 1.165) is 45.6 Å². The summed E-state index contributed by atoms with van der Waals surface area (Å²) in [7, 11) is 0. The van der Waals surface area contributed by atoms with E-state index in [1.165, 1.54) is 17.7 Å². The van der Waals surface area contributed by atoms with Crippen molar-refractivity contribution in [1.29, 1.82) is 0 Å². The number of hydrogen-bond donors (Lipinski definition) is 2. The quantitative estimate of drug-likeness (QED) is 0.0517. The number of aliphatic hydroxyl groups is 1. The molecule has 0 radical (unpaired) electrons. The number of fused-ring (bicyclic) bond motifs is 1. The summed E-state index contributed by atoms with van der Waals surface area (Å²) in [6.07, 6.45) is 8.53. The van der Waals surface area contributed by atoms with Gasteiger partial charge in [-0.3, -0.25) is 29.4 Å². The van der Waals surface area contributed by atoms with Gasteiger partial charge in [0.25, 0.3) is 11.8 Å². The SMILES string of the molecule is C=CC(=C\C=C\O)/C(=C(\CC)c1ccccc1)c1ccc(OCCCOCCCOc2ccc3c(c2)C(=O)N(C2CCC(=O)NC2=O)C3=O)cc1. The van der Waals surface area contributed by atoms with E-state index >= 15 is 0 Å². The Morgan fingerprint density at radius 3 is 2.18 bits per heavy atom. The number of nitrogens with zero attached hydrogens (tertiary/aromatic N) is 1. The molecule has 0 bridgehead atoms. The average molecular weight is 691 g/mol. The zero-order valence-corrected chi connectivity index (χ0v) is 28.6. The van der Waals surface area contributed by atoms with E-state index in [1.807, 2.05) is 48.5 Å². The van der Waals surface area contributed by atoms with Gasteiger partial charge in [0.2, 0.25) is 11.8 Å². The fourth-order valence-corrected chi connectivity index (χ4v) is 6.14. The van der Waals surface area contributed by atoms with Crippen molar-refractivity contribution in [2.45, 2.75) is 45.1 Å². The van der Waals surface area contributed by atoms with E-state index in [-0.39, 0.29) is 24.0 Å². The van der Waals surface area contributed by atoms with Gasteiger partial charge in [0.15, 0.2) is 0 Å². The maximum Gasteiger partial charge on any atom is 0.262 e. The Morgan fingerprint density at radius 1 is 0.863 bits per heavy atom. The third-order valence-corrected chi connectivity index (χ3v) is 8.61. The van der Waals surface area contributed by atoms with Crippen LogP contribution >= 0.6 is 0 Å². The van der Waals surface area contributed by atoms with Crippen LogP contribution in [0.2, 0.25) is 0 Å². The lowest BCUT2D eigenvalue weighted by molar-refractivity contribution is -0.136. The van der Waals surface area contributed by atoms with Crippen molar-refractivity contribution in [2.24, 2.45) is 0 Å². The molecule has 0 aromatic heterocycles. The minimum atomic E-state index is -1.01. The van der Waals surface area contributed by atoms with Gasteiger partial charge < -0.3 is 19.3 Å². The summed E-state index contributed by atoms with van der Waals surface area (Å²) >= 11 is 0. The molecular formula is C41H42N2O8. The zero-order chi connectivity index (χ0) is 36.2. The topological polar surface area (TPSA) is 131 Å². The number of piperidine rings is 1. The first-order valence-corrected chi connectivity index (χ1v) is 17.1. The summed E-state index contributed by atoms with van der Waals surface area (Å²) in [5.74, 6) is -0.998. The normalized spacial score (nSPS) is 16.6. The summed E-state index contributed by atoms with van der Waals surface area (Å²) in [5.41, 5.74) is 5.63. The monoisotopic (exact) mass is 690 g/mol. The molecule has 2 N–H and O–H groups in total. The predicted molar refractivity (Wildman–Crippen MR) is 194 cm³/mol. The van der Waals surface area contributed by atoms with E-state index in [9.17, 15) is 24.3 Å². The molecule has 0 aliphatic carbocycles. The van der Waals surface area contributed by atoms with E-state index < -0.39 is 29.7 Å². The number of aliphatic hydroxyl groups excluding tert-OH is 1. The number of carbonyl (C=O) groups excluding carboxylic acids is 4. The fourth-order valence-electron chi connectivity index (χ4n) is 6.14. The summed E-state index contributed by atoms with van der Waals surface area (Å²) in [5, 5.41) is 11.5. The number of nitrogens with one attached hydrogen (secondary N) is 1. The maximum absolute atomic E-state index is 13.0. The van der Waals surface area contributed by atoms with Gasteiger partial charge in [0, 0.05) is 32.5 Å². The highest BCUT2D eigenvalue weighted by molar-refractivity contribution is 6.23. The van der Waals surface area contributed by atoms with Crippen molar-refractivity contribution in [3.05, 3.63) is 132 Å². The van der Waals surface area contributed by atoms with Crippen LogP contribution in [0.1, 0.15) is 70.9 Å². The molecule has 5 rings (SSSR count). The standard InChI is InChI=1S/C41H42N2O8/c1-3-28(13-8-22-44)38(33(4-2)29-11-6-5-7-12-29)30-14-16-31(17-15-30)50-25-9-23-49-24-10-26-51-32-18-19-34-35(27-32)41(48)43(40(34)47)36-20-21-37(45)42-39(36)46/h3,5-8,11-19,22,27,36,44H,1,4,9-10,20-21,23-26H2,2H3,(H,42,45,46)/b22-8+,28-13+,38-33-. The molecule has 2 aliphatic heterocycles. The van der Waals surface area contributed by atoms with Crippen molar-refractivity contribution in [3.8, 4) is 11.5 Å². The Labute approximate surface area is 297 Å². The highest BCUT2D eigenvalue weighted by atomic mass is 16.5. The van der Waals surface area contributed by atoms with Gasteiger partial charge in [-0.25, -0.2) is 0 Å². The number of imide groups is 2. The molecule has 3 aromatic rings. The summed E-state index contributed by atoms with van der Waals surface area (Å²) in [6.45, 7) is 7.96. The first-order valence-electron chi connectivity index (χ1n) is 17.1. The van der Waals surface area contributed by atoms with Gasteiger partial charge in [-0.2, -0.15) is 0 Å². The third kappa shape index (κ3) is 8.90. The molecule has 1 atom stereocenters. The minimum absolute atomic E-state index is 0.0667. The van der Waals surface area contributed by atoms with E-state index in [4.69, 9.17) is 14.2 Å². The molecule has 10 nitrogen and oxygen atoms in total. The van der Waals surface area contributed by atoms with Gasteiger partial charge in [-0.15, -0.1) is 0 Å². The van der Waals surface area contributed by atoms with Crippen LogP contribution in [-0.2, 0) is 14.3 Å². The molecular weight excluding hydrogens is 648 g/mol. The molecule has 1 unspecified atom stereocenters. The molecule has 4 amide bonds. The Bertz CT molecular complexity index is 1840. The molecule has 10 heteroatoms. The average Bonchev–Trinajstić information content (AvgIpc) is 3.39. The van der Waals surface area contributed by atoms with E-state index in [1.54, 1.807) is 18.2 Å². The molecule has 0 spiro atoms. The van der Waals surface area contributed by atoms with Crippen LogP contribution in [0.5, 0.6) is 11.5 Å².